The predicted octanol–water partition coefficient (Wildman–Crippen LogP) is 1.27. The maximum Gasteiger partial charge on any atom is 0.333 e. The number of cyclic esters (lactones) is 1. The van der Waals surface area contributed by atoms with Crippen LogP contribution < -0.4 is 0 Å². The molecule has 0 aliphatic carbocycles. The summed E-state index contributed by atoms with van der Waals surface area (Å²) in [6.45, 7) is 3.66. The van der Waals surface area contributed by atoms with Crippen LogP contribution in [0.5, 0.6) is 0 Å². The Kier molecular flexibility index (Phi) is 1.56. The van der Waals surface area contributed by atoms with Crippen molar-refractivity contribution in [3.8, 4) is 0 Å². The van der Waals surface area contributed by atoms with E-state index in [1.165, 1.54) is 0 Å². The number of esters is 1. The molecule has 1 aliphatic rings. The smallest absolute Gasteiger partial charge is 0.333 e. The third-order valence-corrected chi connectivity index (χ3v) is 1.39. The van der Waals surface area contributed by atoms with E-state index in [1.54, 1.807) is 6.92 Å². The minimum absolute atomic E-state index is 0.0706. The molecule has 0 aromatic carbocycles. The number of carbonyl (C=O) groups is 1. The second-order valence-corrected chi connectivity index (χ2v) is 2.34. The van der Waals surface area contributed by atoms with E-state index in [0.717, 1.165) is 12.0 Å². The fraction of sp³-hybridized carbons (Fsp3) is 0.571. The van der Waals surface area contributed by atoms with Gasteiger partial charge in [0.05, 0.1) is 0 Å². The first kappa shape index (κ1) is 6.33. The lowest BCUT2D eigenvalue weighted by molar-refractivity contribution is -0.144. The minimum atomic E-state index is -0.172. The van der Waals surface area contributed by atoms with Gasteiger partial charge in [-0.1, -0.05) is 6.08 Å². The molecule has 0 saturated carbocycles. The maximum atomic E-state index is 10.7. The second kappa shape index (κ2) is 2.21. The molecule has 1 rings (SSSR count). The van der Waals surface area contributed by atoms with Gasteiger partial charge in [0.25, 0.3) is 0 Å². The quantitative estimate of drug-likeness (QED) is 0.457. The summed E-state index contributed by atoms with van der Waals surface area (Å²) < 4.78 is 4.89. The molecule has 0 radical (unpaired) electrons. The molecule has 0 bridgehead atoms. The van der Waals surface area contributed by atoms with Crippen molar-refractivity contribution in [1.29, 1.82) is 0 Å². The summed E-state index contributed by atoms with van der Waals surface area (Å²) in [5, 5.41) is 0. The predicted molar refractivity (Wildman–Crippen MR) is 33.9 cm³/mol. The van der Waals surface area contributed by atoms with Crippen molar-refractivity contribution in [3.63, 3.8) is 0 Å². The monoisotopic (exact) mass is 126 g/mol. The molecular weight excluding hydrogens is 116 g/mol. The second-order valence-electron chi connectivity index (χ2n) is 2.34. The average Bonchev–Trinajstić information content (AvgIpc) is 1.80. The molecule has 2 heteroatoms. The molecule has 0 unspecified atom stereocenters. The van der Waals surface area contributed by atoms with Gasteiger partial charge >= 0.3 is 5.97 Å². The summed E-state index contributed by atoms with van der Waals surface area (Å²) in [6, 6.07) is 0. The summed E-state index contributed by atoms with van der Waals surface area (Å²) >= 11 is 0. The van der Waals surface area contributed by atoms with E-state index in [9.17, 15) is 4.79 Å². The molecule has 2 nitrogen and oxygen atoms in total. The van der Waals surface area contributed by atoms with E-state index in [0.29, 0.717) is 0 Å². The highest BCUT2D eigenvalue weighted by Gasteiger charge is 2.15. The molecule has 0 fully saturated rings. The number of hydrogen-bond donors (Lipinski definition) is 0. The standard InChI is InChI=1S/C7H10O2/c1-5-3-4-6(2)9-7(5)8/h3,6H,4H2,1-2H3/t6-/m0/s1. The van der Waals surface area contributed by atoms with Gasteiger partial charge in [-0.05, 0) is 13.8 Å². The zero-order valence-corrected chi connectivity index (χ0v) is 5.68. The Morgan fingerprint density at radius 2 is 2.44 bits per heavy atom. The normalized spacial score (nSPS) is 27.1. The zero-order valence-electron chi connectivity index (χ0n) is 5.68. The first-order valence-corrected chi connectivity index (χ1v) is 3.08. The van der Waals surface area contributed by atoms with Crippen LogP contribution in [-0.4, -0.2) is 12.1 Å². The van der Waals surface area contributed by atoms with Crippen LogP contribution in [0.25, 0.3) is 0 Å². The van der Waals surface area contributed by atoms with Crippen LogP contribution in [-0.2, 0) is 9.53 Å². The number of carbonyl (C=O) groups excluding carboxylic acids is 1. The Bertz CT molecular complexity index is 158. The SMILES string of the molecule is CC1=CC[C@H](C)OC1=O. The summed E-state index contributed by atoms with van der Waals surface area (Å²) in [5.41, 5.74) is 0.730. The van der Waals surface area contributed by atoms with Gasteiger partial charge in [-0.3, -0.25) is 0 Å². The molecule has 9 heavy (non-hydrogen) atoms. The summed E-state index contributed by atoms with van der Waals surface area (Å²) in [7, 11) is 0. The molecule has 0 aromatic rings. The highest BCUT2D eigenvalue weighted by molar-refractivity contribution is 5.88. The molecule has 1 atom stereocenters. The summed E-state index contributed by atoms with van der Waals surface area (Å²) in [5.74, 6) is -0.172. The van der Waals surface area contributed by atoms with Crippen LogP contribution in [0.4, 0.5) is 0 Å². The van der Waals surface area contributed by atoms with E-state index in [1.807, 2.05) is 13.0 Å². The molecule has 50 valence electrons. The van der Waals surface area contributed by atoms with Gasteiger partial charge in [0.2, 0.25) is 0 Å². The fourth-order valence-electron chi connectivity index (χ4n) is 0.750. The first-order chi connectivity index (χ1) is 4.20. The van der Waals surface area contributed by atoms with Gasteiger partial charge in [-0.25, -0.2) is 4.79 Å². The van der Waals surface area contributed by atoms with Crippen LogP contribution in [0, 0.1) is 0 Å². The van der Waals surface area contributed by atoms with Crippen LogP contribution in [0.2, 0.25) is 0 Å². The van der Waals surface area contributed by atoms with E-state index in [2.05, 4.69) is 0 Å². The Morgan fingerprint density at radius 3 is 2.89 bits per heavy atom. The third kappa shape index (κ3) is 1.31. The van der Waals surface area contributed by atoms with Crippen LogP contribution in [0.15, 0.2) is 11.6 Å². The molecule has 0 saturated heterocycles. The van der Waals surface area contributed by atoms with E-state index in [-0.39, 0.29) is 12.1 Å². The van der Waals surface area contributed by atoms with Crippen LogP contribution in [0.3, 0.4) is 0 Å². The topological polar surface area (TPSA) is 26.3 Å². The molecule has 0 amide bonds. The van der Waals surface area contributed by atoms with Gasteiger partial charge < -0.3 is 4.74 Å². The Balaban J connectivity index is 2.68. The van der Waals surface area contributed by atoms with E-state index in [4.69, 9.17) is 4.74 Å². The van der Waals surface area contributed by atoms with E-state index >= 15 is 0 Å². The van der Waals surface area contributed by atoms with E-state index < -0.39 is 0 Å². The number of hydrogen-bond acceptors (Lipinski definition) is 2. The lowest BCUT2D eigenvalue weighted by Gasteiger charge is -2.16. The molecule has 1 heterocycles. The van der Waals surface area contributed by atoms with Gasteiger partial charge in [0, 0.05) is 12.0 Å². The van der Waals surface area contributed by atoms with Crippen LogP contribution in [0.1, 0.15) is 20.3 Å². The molecule has 1 aliphatic heterocycles. The minimum Gasteiger partial charge on any atom is -0.459 e. The van der Waals surface area contributed by atoms with Gasteiger partial charge in [0.1, 0.15) is 6.10 Å². The Hall–Kier alpha value is -0.790. The van der Waals surface area contributed by atoms with Crippen molar-refractivity contribution >= 4 is 5.97 Å². The fourth-order valence-corrected chi connectivity index (χ4v) is 0.750. The molecule has 0 N–H and O–H groups in total. The summed E-state index contributed by atoms with van der Waals surface area (Å²) in [4.78, 5) is 10.7. The Morgan fingerprint density at radius 1 is 1.78 bits per heavy atom. The number of rotatable bonds is 0. The lowest BCUT2D eigenvalue weighted by Crippen LogP contribution is -2.19. The zero-order chi connectivity index (χ0) is 6.85. The van der Waals surface area contributed by atoms with Crippen molar-refractivity contribution in [3.05, 3.63) is 11.6 Å². The van der Waals surface area contributed by atoms with Crippen molar-refractivity contribution in [1.82, 2.24) is 0 Å². The third-order valence-electron chi connectivity index (χ3n) is 1.39. The average molecular weight is 126 g/mol. The summed E-state index contributed by atoms with van der Waals surface area (Å²) in [6.07, 6.45) is 2.84. The van der Waals surface area contributed by atoms with Crippen molar-refractivity contribution < 1.29 is 9.53 Å². The Labute approximate surface area is 54.5 Å². The highest BCUT2D eigenvalue weighted by atomic mass is 16.5. The lowest BCUT2D eigenvalue weighted by atomic mass is 10.1. The molecule has 0 spiro atoms. The van der Waals surface area contributed by atoms with Crippen molar-refractivity contribution in [2.24, 2.45) is 0 Å². The largest absolute Gasteiger partial charge is 0.459 e. The van der Waals surface area contributed by atoms with Gasteiger partial charge in [0.15, 0.2) is 0 Å². The maximum absolute atomic E-state index is 10.7. The molecule has 0 aromatic heterocycles. The number of ether oxygens (including phenoxy) is 1. The highest BCUT2D eigenvalue weighted by Crippen LogP contribution is 2.11. The first-order valence-electron chi connectivity index (χ1n) is 3.08. The van der Waals surface area contributed by atoms with Crippen LogP contribution >= 0.6 is 0 Å². The molecular formula is C7H10O2. The van der Waals surface area contributed by atoms with Crippen molar-refractivity contribution in [2.45, 2.75) is 26.4 Å². The van der Waals surface area contributed by atoms with Crippen molar-refractivity contribution in [2.75, 3.05) is 0 Å². The van der Waals surface area contributed by atoms with Gasteiger partial charge in [-0.15, -0.1) is 0 Å². The van der Waals surface area contributed by atoms with Gasteiger partial charge in [-0.2, -0.15) is 0 Å².